The van der Waals surface area contributed by atoms with Crippen molar-refractivity contribution in [3.63, 3.8) is 0 Å². The number of fused-ring (bicyclic) bond motifs is 2. The minimum Gasteiger partial charge on any atom is -0.392 e. The molecule has 0 aromatic heterocycles. The number of piperidine rings is 1. The number of hydrogen-bond donors (Lipinski definition) is 4. The largest absolute Gasteiger partial charge is 0.392 e. The molecule has 4 N–H and O–H groups in total. The van der Waals surface area contributed by atoms with Gasteiger partial charge in [0, 0.05) is 49.3 Å². The Bertz CT molecular complexity index is 719. The maximum Gasteiger partial charge on any atom is 0.0831 e. The van der Waals surface area contributed by atoms with Crippen LogP contribution in [0.15, 0.2) is 0 Å². The minimum atomic E-state index is -1.25. The van der Waals surface area contributed by atoms with E-state index in [1.54, 1.807) is 7.11 Å². The molecule has 0 aromatic rings. The molecule has 0 amide bonds. The molecule has 12 atom stereocenters. The van der Waals surface area contributed by atoms with Crippen LogP contribution in [0.2, 0.25) is 0 Å². The summed E-state index contributed by atoms with van der Waals surface area (Å²) in [5.41, 5.74) is -3.02. The van der Waals surface area contributed by atoms with Gasteiger partial charge < -0.3 is 25.2 Å². The van der Waals surface area contributed by atoms with Gasteiger partial charge in [-0.3, -0.25) is 4.90 Å². The normalized spacial score (nSPS) is 67.0. The van der Waals surface area contributed by atoms with Crippen LogP contribution < -0.4 is 0 Å². The number of likely N-dealkylation sites (tertiary alicyclic amines) is 1. The number of aliphatic hydroxyl groups is 4. The molecule has 7 bridgehead atoms. The molecule has 0 aromatic carbocycles. The predicted molar refractivity (Wildman–Crippen MR) is 101 cm³/mol. The first-order valence-corrected chi connectivity index (χ1v) is 11.3. The lowest BCUT2D eigenvalue weighted by atomic mass is 9.42. The van der Waals surface area contributed by atoms with E-state index in [4.69, 9.17) is 4.74 Å². The number of rotatable bonds is 2. The van der Waals surface area contributed by atoms with Gasteiger partial charge in [0.1, 0.15) is 0 Å². The molecule has 6 nitrogen and oxygen atoms in total. The monoisotopic (exact) mass is 393 g/mol. The van der Waals surface area contributed by atoms with Crippen molar-refractivity contribution in [2.24, 2.45) is 34.5 Å². The molecule has 0 radical (unpaired) electrons. The topological polar surface area (TPSA) is 93.4 Å². The summed E-state index contributed by atoms with van der Waals surface area (Å²) in [6, 6.07) is -0.0290. The van der Waals surface area contributed by atoms with Gasteiger partial charge in [-0.05, 0) is 43.6 Å². The summed E-state index contributed by atoms with van der Waals surface area (Å²) in [6.45, 7) is 6.31. The van der Waals surface area contributed by atoms with Crippen molar-refractivity contribution in [1.29, 1.82) is 0 Å². The molecule has 1 aliphatic heterocycles. The van der Waals surface area contributed by atoms with E-state index in [1.165, 1.54) is 0 Å². The van der Waals surface area contributed by atoms with Gasteiger partial charge in [0.05, 0.1) is 29.5 Å². The van der Waals surface area contributed by atoms with E-state index in [9.17, 15) is 20.4 Å². The Kier molecular flexibility index (Phi) is 3.40. The van der Waals surface area contributed by atoms with Crippen molar-refractivity contribution >= 4 is 0 Å². The summed E-state index contributed by atoms with van der Waals surface area (Å²) < 4.78 is 5.72. The van der Waals surface area contributed by atoms with Crippen LogP contribution in [0, 0.1) is 34.5 Å². The Balaban J connectivity index is 1.64. The van der Waals surface area contributed by atoms with Crippen LogP contribution in [0.4, 0.5) is 0 Å². The van der Waals surface area contributed by atoms with E-state index in [0.717, 1.165) is 25.9 Å². The predicted octanol–water partition coefficient (Wildman–Crippen LogP) is 0.365. The molecule has 1 saturated heterocycles. The third-order valence-corrected chi connectivity index (χ3v) is 10.8. The summed E-state index contributed by atoms with van der Waals surface area (Å²) in [5, 5.41) is 47.4. The average Bonchev–Trinajstić information content (AvgIpc) is 3.07. The van der Waals surface area contributed by atoms with E-state index in [0.29, 0.717) is 19.3 Å². The van der Waals surface area contributed by atoms with Gasteiger partial charge in [-0.2, -0.15) is 0 Å². The number of hydrogen-bond acceptors (Lipinski definition) is 6. The average molecular weight is 394 g/mol. The Morgan fingerprint density at radius 1 is 1.18 bits per heavy atom. The fraction of sp³-hybridized carbons (Fsp3) is 1.00. The van der Waals surface area contributed by atoms with Crippen LogP contribution in [0.1, 0.15) is 46.0 Å². The van der Waals surface area contributed by atoms with Crippen LogP contribution in [-0.4, -0.2) is 81.1 Å². The smallest absolute Gasteiger partial charge is 0.0831 e. The second-order valence-corrected chi connectivity index (χ2v) is 11.3. The summed E-state index contributed by atoms with van der Waals surface area (Å²) >= 11 is 0. The van der Waals surface area contributed by atoms with Crippen LogP contribution >= 0.6 is 0 Å². The maximum absolute atomic E-state index is 12.5. The number of aliphatic hydroxyl groups excluding tert-OH is 2. The highest BCUT2D eigenvalue weighted by Crippen LogP contribution is 2.79. The van der Waals surface area contributed by atoms with Crippen LogP contribution in [0.5, 0.6) is 0 Å². The highest BCUT2D eigenvalue weighted by Gasteiger charge is 2.87. The first kappa shape index (κ1) is 18.5. The minimum absolute atomic E-state index is 0.0290. The molecular formula is C22H35NO5. The molecule has 6 rings (SSSR count). The van der Waals surface area contributed by atoms with Gasteiger partial charge >= 0.3 is 0 Å². The second-order valence-electron chi connectivity index (χ2n) is 11.3. The lowest BCUT2D eigenvalue weighted by molar-refractivity contribution is -0.321. The fourth-order valence-electron chi connectivity index (χ4n) is 10.1. The van der Waals surface area contributed by atoms with Gasteiger partial charge in [-0.25, -0.2) is 0 Å². The first-order valence-electron chi connectivity index (χ1n) is 11.3. The quantitative estimate of drug-likeness (QED) is 0.542. The third-order valence-electron chi connectivity index (χ3n) is 10.8. The highest BCUT2D eigenvalue weighted by molar-refractivity contribution is 5.37. The van der Waals surface area contributed by atoms with Crippen molar-refractivity contribution in [2.45, 2.75) is 81.5 Å². The van der Waals surface area contributed by atoms with Crippen molar-refractivity contribution in [3.8, 4) is 0 Å². The molecule has 6 heteroatoms. The highest BCUT2D eigenvalue weighted by atomic mass is 16.5. The van der Waals surface area contributed by atoms with E-state index in [1.807, 2.05) is 0 Å². The Labute approximate surface area is 166 Å². The van der Waals surface area contributed by atoms with Gasteiger partial charge in [-0.1, -0.05) is 13.8 Å². The molecule has 158 valence electrons. The molecule has 5 unspecified atom stereocenters. The lowest BCUT2D eigenvalue weighted by Gasteiger charge is -2.71. The van der Waals surface area contributed by atoms with E-state index in [2.05, 4.69) is 18.7 Å². The van der Waals surface area contributed by atoms with Gasteiger partial charge in [0.25, 0.3) is 0 Å². The first-order chi connectivity index (χ1) is 13.2. The molecule has 6 aliphatic rings. The van der Waals surface area contributed by atoms with Crippen LogP contribution in [-0.2, 0) is 4.74 Å². The van der Waals surface area contributed by atoms with Crippen LogP contribution in [0.25, 0.3) is 0 Å². The molecule has 28 heavy (non-hydrogen) atoms. The summed E-state index contributed by atoms with van der Waals surface area (Å²) in [7, 11) is 1.65. The van der Waals surface area contributed by atoms with Crippen molar-refractivity contribution in [1.82, 2.24) is 4.90 Å². The molecule has 5 saturated carbocycles. The zero-order valence-corrected chi connectivity index (χ0v) is 17.2. The van der Waals surface area contributed by atoms with Gasteiger partial charge in [-0.15, -0.1) is 0 Å². The van der Waals surface area contributed by atoms with Crippen molar-refractivity contribution in [3.05, 3.63) is 0 Å². The Morgan fingerprint density at radius 3 is 2.61 bits per heavy atom. The molecule has 5 aliphatic carbocycles. The lowest BCUT2D eigenvalue weighted by Crippen LogP contribution is -2.81. The summed E-state index contributed by atoms with van der Waals surface area (Å²) in [6.07, 6.45) is 1.79. The zero-order valence-electron chi connectivity index (χ0n) is 17.2. The Hall–Kier alpha value is -0.240. The SMILES string of the molecule is CCN1C[C@]2(C)CCC(O)C34C1[C@@H](C[C@@H]32)[C@@]1(O)C[C@H](OC)[C@H]2C[C@]4(O)C1C2O. The molecule has 6 fully saturated rings. The van der Waals surface area contributed by atoms with Crippen molar-refractivity contribution < 1.29 is 25.2 Å². The third kappa shape index (κ3) is 1.59. The molecule has 1 spiro atoms. The fourth-order valence-corrected chi connectivity index (χ4v) is 10.1. The number of nitrogens with zero attached hydrogens (tertiary/aromatic N) is 1. The number of methoxy groups -OCH3 is 1. The standard InChI is InChI=1S/C22H35NO5/c1-4-23-10-19(2)6-5-15(24)22-14(19)7-12(18(22)23)20(26)9-13(28-3)11-8-21(22,27)17(20)16(11)25/h11-18,24-27H,4-10H2,1-3H3/t11-,12-,13+,14-,15?,16?,17?,18?,19+,20+,21+,22?/m1/s1. The van der Waals surface area contributed by atoms with E-state index in [-0.39, 0.29) is 35.3 Å². The van der Waals surface area contributed by atoms with Gasteiger partial charge in [0.15, 0.2) is 0 Å². The maximum atomic E-state index is 12.5. The Morgan fingerprint density at radius 2 is 1.93 bits per heavy atom. The van der Waals surface area contributed by atoms with Crippen molar-refractivity contribution in [2.75, 3.05) is 20.2 Å². The van der Waals surface area contributed by atoms with E-state index >= 15 is 0 Å². The molecular weight excluding hydrogens is 358 g/mol. The van der Waals surface area contributed by atoms with Crippen LogP contribution in [0.3, 0.4) is 0 Å². The zero-order chi connectivity index (χ0) is 19.9. The number of ether oxygens (including phenoxy) is 1. The summed E-state index contributed by atoms with van der Waals surface area (Å²) in [4.78, 5) is 2.45. The van der Waals surface area contributed by atoms with E-state index < -0.39 is 34.7 Å². The van der Waals surface area contributed by atoms with Gasteiger partial charge in [0.2, 0.25) is 0 Å². The molecule has 1 heterocycles. The second kappa shape index (κ2) is 5.14. The summed E-state index contributed by atoms with van der Waals surface area (Å²) in [5.74, 6) is -0.613.